The molecule has 0 aliphatic carbocycles. The highest BCUT2D eigenvalue weighted by Crippen LogP contribution is 2.40. The molecule has 2 aromatic rings. The van der Waals surface area contributed by atoms with Crippen molar-refractivity contribution in [3.63, 3.8) is 0 Å². The third kappa shape index (κ3) is 4.24. The van der Waals surface area contributed by atoms with Gasteiger partial charge in [-0.3, -0.25) is 9.80 Å². The van der Waals surface area contributed by atoms with Crippen molar-refractivity contribution in [3.05, 3.63) is 68.8 Å². The monoisotopic (exact) mass is 520 g/mol. The standard InChI is InChI=1S/C30H36N2O6/c1-18-20(5-7-22-24(18)15-37-28(22)35)26(33)13-31-11-3-9-30(17-31)10-4-12-32(30)14-27(34)21-6-8-23-25(19(21)2)16-38-29(23)36/h5-8,26-27,33-34H,3-4,9-17H2,1-2H3. The number of hydrogen-bond acceptors (Lipinski definition) is 8. The fraction of sp³-hybridized carbons (Fsp3) is 0.533. The van der Waals surface area contributed by atoms with Crippen LogP contribution in [-0.2, 0) is 22.7 Å². The molecule has 4 aliphatic rings. The predicted molar refractivity (Wildman–Crippen MR) is 140 cm³/mol. The van der Waals surface area contributed by atoms with E-state index in [0.29, 0.717) is 24.2 Å². The molecule has 4 heterocycles. The average Bonchev–Trinajstić information content (AvgIpc) is 3.58. The lowest BCUT2D eigenvalue weighted by molar-refractivity contribution is -0.00312. The topological polar surface area (TPSA) is 99.5 Å². The summed E-state index contributed by atoms with van der Waals surface area (Å²) >= 11 is 0. The first kappa shape index (κ1) is 25.5. The van der Waals surface area contributed by atoms with Gasteiger partial charge in [-0.1, -0.05) is 12.1 Å². The molecule has 8 heteroatoms. The van der Waals surface area contributed by atoms with Crippen molar-refractivity contribution in [2.24, 2.45) is 0 Å². The number of fused-ring (bicyclic) bond motifs is 2. The highest BCUT2D eigenvalue weighted by molar-refractivity contribution is 5.94. The van der Waals surface area contributed by atoms with Crippen molar-refractivity contribution < 1.29 is 29.3 Å². The van der Waals surface area contributed by atoms with Crippen molar-refractivity contribution >= 4 is 11.9 Å². The first-order valence-electron chi connectivity index (χ1n) is 13.7. The second-order valence-corrected chi connectivity index (χ2v) is 11.4. The summed E-state index contributed by atoms with van der Waals surface area (Å²) in [7, 11) is 0. The van der Waals surface area contributed by atoms with Crippen LogP contribution in [0.15, 0.2) is 24.3 Å². The first-order valence-corrected chi connectivity index (χ1v) is 13.7. The van der Waals surface area contributed by atoms with Crippen LogP contribution < -0.4 is 0 Å². The SMILES string of the molecule is Cc1c(C(O)CN2CCCC3(CCCN3CC(O)c3ccc4c(c3C)COC4=O)C2)ccc2c1COC2=O. The third-order valence-electron chi connectivity index (χ3n) is 9.33. The van der Waals surface area contributed by atoms with E-state index in [4.69, 9.17) is 9.47 Å². The fourth-order valence-electron chi connectivity index (χ4n) is 7.21. The van der Waals surface area contributed by atoms with Gasteiger partial charge in [0, 0.05) is 36.3 Å². The maximum atomic E-state index is 11.9. The lowest BCUT2D eigenvalue weighted by atomic mass is 9.85. The van der Waals surface area contributed by atoms with Gasteiger partial charge in [0.05, 0.1) is 23.3 Å². The van der Waals surface area contributed by atoms with Gasteiger partial charge >= 0.3 is 11.9 Å². The number of β-amino-alcohol motifs (C(OH)–C–C–N with tert-alkyl or cyclic N) is 2. The molecule has 0 amide bonds. The van der Waals surface area contributed by atoms with E-state index in [0.717, 1.165) is 78.7 Å². The number of rotatable bonds is 6. The summed E-state index contributed by atoms with van der Waals surface area (Å²) in [6.45, 7) is 8.28. The van der Waals surface area contributed by atoms with Gasteiger partial charge < -0.3 is 19.7 Å². The summed E-state index contributed by atoms with van der Waals surface area (Å²) in [6.07, 6.45) is 3.00. The van der Waals surface area contributed by atoms with E-state index in [1.54, 1.807) is 12.1 Å². The van der Waals surface area contributed by atoms with E-state index in [1.807, 2.05) is 26.0 Å². The van der Waals surface area contributed by atoms with Gasteiger partial charge in [0.25, 0.3) is 0 Å². The lowest BCUT2D eigenvalue weighted by Crippen LogP contribution is -2.56. The van der Waals surface area contributed by atoms with Gasteiger partial charge in [0.2, 0.25) is 0 Å². The number of piperidine rings is 1. The van der Waals surface area contributed by atoms with E-state index in [-0.39, 0.29) is 30.7 Å². The zero-order valence-electron chi connectivity index (χ0n) is 22.2. The maximum absolute atomic E-state index is 11.9. The number of likely N-dealkylation sites (tertiary alicyclic amines) is 2. The summed E-state index contributed by atoms with van der Waals surface area (Å²) in [6, 6.07) is 7.29. The Hall–Kier alpha value is -2.78. The Bertz CT molecular complexity index is 1290. The van der Waals surface area contributed by atoms with Crippen LogP contribution in [0, 0.1) is 13.8 Å². The third-order valence-corrected chi connectivity index (χ3v) is 9.33. The molecule has 1 spiro atoms. The Kier molecular flexibility index (Phi) is 6.54. The Morgan fingerprint density at radius 2 is 1.34 bits per heavy atom. The van der Waals surface area contributed by atoms with Crippen molar-refractivity contribution in [1.29, 1.82) is 0 Å². The Morgan fingerprint density at radius 3 is 1.92 bits per heavy atom. The number of ether oxygens (including phenoxy) is 2. The maximum Gasteiger partial charge on any atom is 0.338 e. The van der Waals surface area contributed by atoms with Crippen LogP contribution in [0.25, 0.3) is 0 Å². The van der Waals surface area contributed by atoms with E-state index in [2.05, 4.69) is 9.80 Å². The minimum atomic E-state index is -0.648. The van der Waals surface area contributed by atoms with E-state index in [9.17, 15) is 19.8 Å². The largest absolute Gasteiger partial charge is 0.457 e. The lowest BCUT2D eigenvalue weighted by Gasteiger charge is -2.47. The number of aliphatic hydroxyl groups excluding tert-OH is 2. The molecule has 0 bridgehead atoms. The second-order valence-electron chi connectivity index (χ2n) is 11.4. The number of benzene rings is 2. The van der Waals surface area contributed by atoms with E-state index in [1.165, 1.54) is 0 Å². The predicted octanol–water partition coefficient (Wildman–Crippen LogP) is 3.34. The molecule has 6 rings (SSSR count). The van der Waals surface area contributed by atoms with Crippen LogP contribution >= 0.6 is 0 Å². The molecule has 3 atom stereocenters. The summed E-state index contributed by atoms with van der Waals surface area (Å²) in [5, 5.41) is 22.5. The van der Waals surface area contributed by atoms with E-state index < -0.39 is 12.2 Å². The van der Waals surface area contributed by atoms with Crippen molar-refractivity contribution in [2.45, 2.75) is 70.5 Å². The molecule has 2 N–H and O–H groups in total. The van der Waals surface area contributed by atoms with Crippen LogP contribution in [0.5, 0.6) is 0 Å². The average molecular weight is 521 g/mol. The van der Waals surface area contributed by atoms with Crippen molar-refractivity contribution in [2.75, 3.05) is 32.7 Å². The molecule has 4 aliphatic heterocycles. The smallest absolute Gasteiger partial charge is 0.338 e. The molecule has 3 unspecified atom stereocenters. The molecule has 2 aromatic carbocycles. The first-order chi connectivity index (χ1) is 18.3. The molecule has 2 saturated heterocycles. The minimum Gasteiger partial charge on any atom is -0.457 e. The van der Waals surface area contributed by atoms with E-state index >= 15 is 0 Å². The zero-order valence-corrected chi connectivity index (χ0v) is 22.2. The van der Waals surface area contributed by atoms with Gasteiger partial charge in [0.15, 0.2) is 0 Å². The van der Waals surface area contributed by atoms with Gasteiger partial charge in [-0.15, -0.1) is 0 Å². The molecular formula is C30H36N2O6. The van der Waals surface area contributed by atoms with Crippen LogP contribution in [0.3, 0.4) is 0 Å². The molecule has 0 saturated carbocycles. The highest BCUT2D eigenvalue weighted by Gasteiger charge is 2.45. The Balaban J connectivity index is 1.15. The van der Waals surface area contributed by atoms with Crippen LogP contribution in [-0.4, -0.2) is 70.2 Å². The van der Waals surface area contributed by atoms with Crippen LogP contribution in [0.4, 0.5) is 0 Å². The Labute approximate surface area is 223 Å². The summed E-state index contributed by atoms with van der Waals surface area (Å²) < 4.78 is 10.4. The zero-order chi connectivity index (χ0) is 26.6. The highest BCUT2D eigenvalue weighted by atomic mass is 16.5. The number of carbonyl (C=O) groups is 2. The molecule has 0 radical (unpaired) electrons. The number of nitrogens with zero attached hydrogens (tertiary/aromatic N) is 2. The fourth-order valence-corrected chi connectivity index (χ4v) is 7.21. The molecule has 0 aromatic heterocycles. The number of carbonyl (C=O) groups excluding carboxylic acids is 2. The normalized spacial score (nSPS) is 24.8. The minimum absolute atomic E-state index is 0.0180. The number of hydrogen-bond donors (Lipinski definition) is 2. The van der Waals surface area contributed by atoms with Gasteiger partial charge in [-0.25, -0.2) is 9.59 Å². The van der Waals surface area contributed by atoms with Gasteiger partial charge in [0.1, 0.15) is 13.2 Å². The molecule has 38 heavy (non-hydrogen) atoms. The quantitative estimate of drug-likeness (QED) is 0.560. The van der Waals surface area contributed by atoms with Crippen molar-refractivity contribution in [1.82, 2.24) is 9.80 Å². The molecule has 2 fully saturated rings. The summed E-state index contributed by atoms with van der Waals surface area (Å²) in [5.41, 5.74) is 6.57. The summed E-state index contributed by atoms with van der Waals surface area (Å²) in [4.78, 5) is 28.6. The van der Waals surface area contributed by atoms with Crippen LogP contribution in [0.2, 0.25) is 0 Å². The van der Waals surface area contributed by atoms with Gasteiger partial charge in [-0.2, -0.15) is 0 Å². The second kappa shape index (κ2) is 9.75. The van der Waals surface area contributed by atoms with Crippen molar-refractivity contribution in [3.8, 4) is 0 Å². The Morgan fingerprint density at radius 1 is 0.816 bits per heavy atom. The van der Waals surface area contributed by atoms with Gasteiger partial charge in [-0.05, 0) is 87.0 Å². The number of esters is 2. The number of cyclic esters (lactones) is 2. The summed E-state index contributed by atoms with van der Waals surface area (Å²) in [5.74, 6) is -0.577. The molecular weight excluding hydrogens is 484 g/mol. The molecule has 8 nitrogen and oxygen atoms in total. The molecule has 202 valence electrons. The van der Waals surface area contributed by atoms with Crippen LogP contribution in [0.1, 0.15) is 92.0 Å². The number of aliphatic hydroxyl groups is 2.